The number of hydrogen-bond acceptors (Lipinski definition) is 9. The third-order valence-electron chi connectivity index (χ3n) is 4.78. The van der Waals surface area contributed by atoms with Crippen LogP contribution in [0, 0.1) is 0 Å². The van der Waals surface area contributed by atoms with Crippen LogP contribution in [0.15, 0.2) is 54.1 Å². The minimum Gasteiger partial charge on any atom is -0.424 e. The van der Waals surface area contributed by atoms with Gasteiger partial charge in [-0.2, -0.15) is 19.6 Å². The van der Waals surface area contributed by atoms with Gasteiger partial charge in [-0.1, -0.05) is 26.0 Å². The van der Waals surface area contributed by atoms with E-state index >= 15 is 0 Å². The highest BCUT2D eigenvalue weighted by Crippen LogP contribution is 2.26. The van der Waals surface area contributed by atoms with E-state index in [0.717, 1.165) is 17.4 Å². The van der Waals surface area contributed by atoms with E-state index in [0.29, 0.717) is 11.4 Å². The van der Waals surface area contributed by atoms with E-state index in [-0.39, 0.29) is 29.1 Å². The maximum absolute atomic E-state index is 12.2. The maximum atomic E-state index is 12.2. The van der Waals surface area contributed by atoms with Gasteiger partial charge in [-0.05, 0) is 36.6 Å². The molecule has 4 rings (SSSR count). The standard InChI is InChI=1S/C21H23N7O3S/c1-13(2)17-12-24-28-18(17)26-21(32(4,29)30)27-19(28)25-14(3)15-7-5-8-16(11-15)31-20-22-9-6-10-23-20/h5-14H,1-4H3,(H,25,26,27). The highest BCUT2D eigenvalue weighted by atomic mass is 32.2. The summed E-state index contributed by atoms with van der Waals surface area (Å²) in [5.41, 5.74) is 2.19. The smallest absolute Gasteiger partial charge is 0.321 e. The Hall–Kier alpha value is -3.60. The summed E-state index contributed by atoms with van der Waals surface area (Å²) in [6, 6.07) is 9.16. The van der Waals surface area contributed by atoms with Crippen molar-refractivity contribution < 1.29 is 13.2 Å². The molecule has 0 fully saturated rings. The van der Waals surface area contributed by atoms with Crippen molar-refractivity contribution in [2.75, 3.05) is 11.6 Å². The summed E-state index contributed by atoms with van der Waals surface area (Å²) in [6.07, 6.45) is 5.98. The largest absolute Gasteiger partial charge is 0.424 e. The molecule has 32 heavy (non-hydrogen) atoms. The molecule has 1 N–H and O–H groups in total. The van der Waals surface area contributed by atoms with Crippen LogP contribution in [0.5, 0.6) is 11.8 Å². The van der Waals surface area contributed by atoms with E-state index in [1.165, 1.54) is 4.52 Å². The Labute approximate surface area is 185 Å². The Morgan fingerprint density at radius 2 is 1.81 bits per heavy atom. The van der Waals surface area contributed by atoms with E-state index in [2.05, 4.69) is 30.4 Å². The summed E-state index contributed by atoms with van der Waals surface area (Å²) in [4.78, 5) is 16.6. The number of hydrogen-bond donors (Lipinski definition) is 1. The van der Waals surface area contributed by atoms with Crippen molar-refractivity contribution in [2.24, 2.45) is 0 Å². The van der Waals surface area contributed by atoms with Crippen molar-refractivity contribution in [1.82, 2.24) is 29.5 Å². The SMILES string of the molecule is CC(C)c1cnn2c(NC(C)c3cccc(Oc4ncccn4)c3)nc(S(C)(=O)=O)nc12. The highest BCUT2D eigenvalue weighted by Gasteiger charge is 2.21. The van der Waals surface area contributed by atoms with E-state index in [4.69, 9.17) is 4.74 Å². The van der Waals surface area contributed by atoms with Gasteiger partial charge in [-0.15, -0.1) is 0 Å². The van der Waals surface area contributed by atoms with Crippen LogP contribution in [0.3, 0.4) is 0 Å². The quantitative estimate of drug-likeness (QED) is 0.448. The van der Waals surface area contributed by atoms with Gasteiger partial charge in [0.25, 0.3) is 5.16 Å². The lowest BCUT2D eigenvalue weighted by Gasteiger charge is -2.17. The van der Waals surface area contributed by atoms with Crippen molar-refractivity contribution in [3.8, 4) is 11.8 Å². The number of sulfone groups is 1. The van der Waals surface area contributed by atoms with Gasteiger partial charge in [-0.25, -0.2) is 18.4 Å². The second-order valence-corrected chi connectivity index (χ2v) is 9.57. The number of anilines is 1. The number of rotatable bonds is 7. The van der Waals surface area contributed by atoms with Crippen LogP contribution in [-0.4, -0.2) is 44.2 Å². The average Bonchev–Trinajstić information content (AvgIpc) is 3.19. The summed E-state index contributed by atoms with van der Waals surface area (Å²) in [7, 11) is -3.62. The molecular formula is C21H23N7O3S. The van der Waals surface area contributed by atoms with Crippen molar-refractivity contribution in [3.63, 3.8) is 0 Å². The topological polar surface area (TPSA) is 124 Å². The molecule has 0 spiro atoms. The second-order valence-electron chi connectivity index (χ2n) is 7.66. The lowest BCUT2D eigenvalue weighted by atomic mass is 10.1. The molecule has 0 aliphatic heterocycles. The summed E-state index contributed by atoms with van der Waals surface area (Å²) in [6.45, 7) is 5.92. The second kappa shape index (κ2) is 8.50. The number of aromatic nitrogens is 6. The highest BCUT2D eigenvalue weighted by molar-refractivity contribution is 7.90. The number of fused-ring (bicyclic) bond motifs is 1. The van der Waals surface area contributed by atoms with E-state index in [1.54, 1.807) is 30.7 Å². The molecular weight excluding hydrogens is 430 g/mol. The molecule has 1 atom stereocenters. The zero-order chi connectivity index (χ0) is 22.9. The molecule has 3 heterocycles. The molecule has 0 bridgehead atoms. The molecule has 0 aliphatic carbocycles. The summed E-state index contributed by atoms with van der Waals surface area (Å²) >= 11 is 0. The summed E-state index contributed by atoms with van der Waals surface area (Å²) < 4.78 is 31.6. The van der Waals surface area contributed by atoms with Gasteiger partial charge in [0.05, 0.1) is 12.2 Å². The third kappa shape index (κ3) is 4.52. The summed E-state index contributed by atoms with van der Waals surface area (Å²) in [5, 5.41) is 7.38. The molecule has 166 valence electrons. The van der Waals surface area contributed by atoms with Crippen molar-refractivity contribution in [1.29, 1.82) is 0 Å². The Kier molecular flexibility index (Phi) is 5.74. The molecule has 0 aliphatic rings. The normalized spacial score (nSPS) is 12.8. The van der Waals surface area contributed by atoms with Crippen LogP contribution in [0.4, 0.5) is 5.95 Å². The maximum Gasteiger partial charge on any atom is 0.321 e. The molecule has 1 aromatic carbocycles. The number of nitrogens with one attached hydrogen (secondary N) is 1. The first-order chi connectivity index (χ1) is 15.2. The van der Waals surface area contributed by atoms with Gasteiger partial charge < -0.3 is 10.1 Å². The Bertz CT molecular complexity index is 1350. The van der Waals surface area contributed by atoms with Gasteiger partial charge in [0, 0.05) is 24.2 Å². The van der Waals surface area contributed by atoms with Gasteiger partial charge in [0.2, 0.25) is 15.8 Å². The van der Waals surface area contributed by atoms with Crippen LogP contribution in [0.25, 0.3) is 5.65 Å². The van der Waals surface area contributed by atoms with E-state index in [1.807, 2.05) is 39.0 Å². The molecule has 1 unspecified atom stereocenters. The zero-order valence-corrected chi connectivity index (χ0v) is 18.9. The molecule has 4 aromatic rings. The third-order valence-corrected chi connectivity index (χ3v) is 5.63. The molecule has 0 radical (unpaired) electrons. The van der Waals surface area contributed by atoms with Gasteiger partial charge in [0.15, 0.2) is 5.65 Å². The van der Waals surface area contributed by atoms with E-state index < -0.39 is 9.84 Å². The van der Waals surface area contributed by atoms with Crippen molar-refractivity contribution in [3.05, 3.63) is 60.0 Å². The van der Waals surface area contributed by atoms with Gasteiger partial charge >= 0.3 is 6.01 Å². The molecule has 3 aromatic heterocycles. The lowest BCUT2D eigenvalue weighted by molar-refractivity contribution is 0.441. The minimum absolute atomic E-state index is 0.120. The summed E-state index contributed by atoms with van der Waals surface area (Å²) in [5.74, 6) is 0.981. The fourth-order valence-corrected chi connectivity index (χ4v) is 3.61. The number of ether oxygens (including phenoxy) is 1. The predicted molar refractivity (Wildman–Crippen MR) is 119 cm³/mol. The fourth-order valence-electron chi connectivity index (χ4n) is 3.11. The number of benzene rings is 1. The monoisotopic (exact) mass is 453 g/mol. The van der Waals surface area contributed by atoms with Crippen molar-refractivity contribution >= 4 is 21.4 Å². The van der Waals surface area contributed by atoms with Crippen LogP contribution in [-0.2, 0) is 9.84 Å². The average molecular weight is 454 g/mol. The zero-order valence-electron chi connectivity index (χ0n) is 18.1. The van der Waals surface area contributed by atoms with E-state index in [9.17, 15) is 8.42 Å². The lowest BCUT2D eigenvalue weighted by Crippen LogP contribution is -2.16. The number of nitrogens with zero attached hydrogens (tertiary/aromatic N) is 6. The predicted octanol–water partition coefficient (Wildman–Crippen LogP) is 3.41. The van der Waals surface area contributed by atoms with Crippen molar-refractivity contribution in [2.45, 2.75) is 37.9 Å². The van der Waals surface area contributed by atoms with Crippen LogP contribution < -0.4 is 10.1 Å². The first kappa shape index (κ1) is 21.6. The van der Waals surface area contributed by atoms with Crippen LogP contribution >= 0.6 is 0 Å². The molecule has 11 heteroatoms. The van der Waals surface area contributed by atoms with Crippen LogP contribution in [0.1, 0.15) is 43.9 Å². The van der Waals surface area contributed by atoms with Crippen LogP contribution in [0.2, 0.25) is 0 Å². The Balaban J connectivity index is 1.68. The first-order valence-corrected chi connectivity index (χ1v) is 11.9. The molecule has 10 nitrogen and oxygen atoms in total. The minimum atomic E-state index is -3.62. The molecule has 0 amide bonds. The Morgan fingerprint density at radius 3 is 2.50 bits per heavy atom. The van der Waals surface area contributed by atoms with Gasteiger partial charge in [-0.3, -0.25) is 0 Å². The fraction of sp³-hybridized carbons (Fsp3) is 0.286. The molecule has 0 saturated heterocycles. The Morgan fingerprint density at radius 1 is 1.06 bits per heavy atom. The molecule has 0 saturated carbocycles. The van der Waals surface area contributed by atoms with Gasteiger partial charge in [0.1, 0.15) is 5.75 Å². The first-order valence-electron chi connectivity index (χ1n) is 9.99.